The van der Waals surface area contributed by atoms with Gasteiger partial charge in [0.15, 0.2) is 0 Å². The standard InChI is InChI=1S/C24H27N3O4/c1-2-29-24(28)21(15-5-7-18(8-6-15)30-19-9-10-27-14-19)13-20-11-16-3-4-17(23(25)26)12-22(16)31-20/h3-8,11-12,19,21,27H,2,9-10,13-14H2,1H3,(H3,25,26)/t19-,21?/m0/s1. The van der Waals surface area contributed by atoms with Crippen molar-refractivity contribution in [3.63, 3.8) is 0 Å². The van der Waals surface area contributed by atoms with E-state index in [-0.39, 0.29) is 17.9 Å². The van der Waals surface area contributed by atoms with Crippen LogP contribution in [0.4, 0.5) is 0 Å². The molecule has 0 radical (unpaired) electrons. The van der Waals surface area contributed by atoms with Crippen LogP contribution in [-0.2, 0) is 16.0 Å². The molecule has 1 aliphatic heterocycles. The molecule has 4 N–H and O–H groups in total. The molecule has 2 atom stereocenters. The van der Waals surface area contributed by atoms with E-state index in [1.807, 2.05) is 36.4 Å². The molecule has 0 aliphatic carbocycles. The lowest BCUT2D eigenvalue weighted by molar-refractivity contribution is -0.145. The molecule has 0 bridgehead atoms. The minimum absolute atomic E-state index is 0.0139. The number of hydrogen-bond acceptors (Lipinski definition) is 6. The van der Waals surface area contributed by atoms with Gasteiger partial charge in [0.05, 0.1) is 12.5 Å². The molecule has 3 aromatic rings. The third-order valence-electron chi connectivity index (χ3n) is 5.46. The highest BCUT2D eigenvalue weighted by atomic mass is 16.5. The van der Waals surface area contributed by atoms with E-state index in [2.05, 4.69) is 5.32 Å². The third kappa shape index (κ3) is 4.88. The highest BCUT2D eigenvalue weighted by Crippen LogP contribution is 2.29. The lowest BCUT2D eigenvalue weighted by atomic mass is 9.94. The summed E-state index contributed by atoms with van der Waals surface area (Å²) in [6.07, 6.45) is 1.54. The van der Waals surface area contributed by atoms with E-state index in [0.717, 1.165) is 36.2 Å². The number of fused-ring (bicyclic) bond motifs is 1. The second kappa shape index (κ2) is 9.22. The van der Waals surface area contributed by atoms with Gasteiger partial charge in [-0.05, 0) is 49.7 Å². The van der Waals surface area contributed by atoms with Crippen LogP contribution < -0.4 is 15.8 Å². The molecular weight excluding hydrogens is 394 g/mol. The van der Waals surface area contributed by atoms with Gasteiger partial charge in [0.1, 0.15) is 29.0 Å². The number of nitrogens with one attached hydrogen (secondary N) is 2. The van der Waals surface area contributed by atoms with E-state index < -0.39 is 5.92 Å². The first kappa shape index (κ1) is 20.9. The zero-order valence-corrected chi connectivity index (χ0v) is 17.5. The summed E-state index contributed by atoms with van der Waals surface area (Å²) in [5, 5.41) is 11.8. The summed E-state index contributed by atoms with van der Waals surface area (Å²) in [7, 11) is 0. The van der Waals surface area contributed by atoms with Crippen molar-refractivity contribution < 1.29 is 18.7 Å². The van der Waals surface area contributed by atoms with Crippen LogP contribution in [-0.4, -0.2) is 37.6 Å². The molecule has 0 spiro atoms. The molecule has 1 saturated heterocycles. The van der Waals surface area contributed by atoms with E-state index >= 15 is 0 Å². The maximum atomic E-state index is 12.7. The van der Waals surface area contributed by atoms with Crippen LogP contribution in [0.5, 0.6) is 5.75 Å². The van der Waals surface area contributed by atoms with Crippen LogP contribution in [0.2, 0.25) is 0 Å². The van der Waals surface area contributed by atoms with E-state index in [9.17, 15) is 4.79 Å². The average molecular weight is 421 g/mol. The van der Waals surface area contributed by atoms with Crippen LogP contribution in [0, 0.1) is 5.41 Å². The van der Waals surface area contributed by atoms with Crippen LogP contribution in [0.3, 0.4) is 0 Å². The number of ether oxygens (including phenoxy) is 2. The Labute approximate surface area is 181 Å². The van der Waals surface area contributed by atoms with Crippen LogP contribution in [0.1, 0.15) is 36.1 Å². The summed E-state index contributed by atoms with van der Waals surface area (Å²) < 4.78 is 17.3. The number of hydrogen-bond donors (Lipinski definition) is 3. The molecule has 0 amide bonds. The molecule has 4 rings (SSSR count). The number of esters is 1. The molecule has 0 saturated carbocycles. The topological polar surface area (TPSA) is 111 Å². The first-order chi connectivity index (χ1) is 15.0. The van der Waals surface area contributed by atoms with Gasteiger partial charge in [-0.25, -0.2) is 0 Å². The Hall–Kier alpha value is -3.32. The molecule has 7 nitrogen and oxygen atoms in total. The summed E-state index contributed by atoms with van der Waals surface area (Å²) >= 11 is 0. The summed E-state index contributed by atoms with van der Waals surface area (Å²) in [5.41, 5.74) is 7.66. The number of rotatable bonds is 8. The number of carbonyl (C=O) groups is 1. The largest absolute Gasteiger partial charge is 0.489 e. The number of carbonyl (C=O) groups excluding carboxylic acids is 1. The zero-order chi connectivity index (χ0) is 21.8. The van der Waals surface area contributed by atoms with Gasteiger partial charge in [-0.1, -0.05) is 24.3 Å². The lowest BCUT2D eigenvalue weighted by Crippen LogP contribution is -2.20. The van der Waals surface area contributed by atoms with Gasteiger partial charge in [-0.15, -0.1) is 0 Å². The van der Waals surface area contributed by atoms with Gasteiger partial charge in [-0.3, -0.25) is 10.2 Å². The Morgan fingerprint density at radius 1 is 1.26 bits per heavy atom. The molecule has 1 unspecified atom stereocenters. The third-order valence-corrected chi connectivity index (χ3v) is 5.46. The van der Waals surface area contributed by atoms with E-state index in [0.29, 0.717) is 29.9 Å². The number of amidine groups is 1. The predicted octanol–water partition coefficient (Wildman–Crippen LogP) is 3.35. The maximum Gasteiger partial charge on any atom is 0.313 e. The van der Waals surface area contributed by atoms with Crippen LogP contribution in [0.25, 0.3) is 11.0 Å². The minimum Gasteiger partial charge on any atom is -0.489 e. The molecular formula is C24H27N3O4. The van der Waals surface area contributed by atoms with Gasteiger partial charge in [0.2, 0.25) is 0 Å². The Bertz CT molecular complexity index is 1070. The summed E-state index contributed by atoms with van der Waals surface area (Å²) in [5.74, 6) is 0.669. The second-order valence-corrected chi connectivity index (χ2v) is 7.69. The van der Waals surface area contributed by atoms with Crippen molar-refractivity contribution in [2.24, 2.45) is 5.73 Å². The Morgan fingerprint density at radius 3 is 2.74 bits per heavy atom. The van der Waals surface area contributed by atoms with Crippen LogP contribution >= 0.6 is 0 Å². The Balaban J connectivity index is 1.55. The molecule has 2 aromatic carbocycles. The van der Waals surface area contributed by atoms with E-state index in [1.54, 1.807) is 19.1 Å². The summed E-state index contributed by atoms with van der Waals surface area (Å²) in [4.78, 5) is 12.7. The van der Waals surface area contributed by atoms with Crippen molar-refractivity contribution in [2.45, 2.75) is 31.8 Å². The summed E-state index contributed by atoms with van der Waals surface area (Å²) in [6.45, 7) is 3.93. The van der Waals surface area contributed by atoms with Crippen molar-refractivity contribution in [3.05, 3.63) is 65.4 Å². The SMILES string of the molecule is CCOC(=O)C(Cc1cc2ccc(C(=N)N)cc2o1)c1ccc(O[C@H]2CCNC2)cc1. The molecule has 1 aliphatic rings. The van der Waals surface area contributed by atoms with Gasteiger partial charge in [-0.2, -0.15) is 0 Å². The molecule has 31 heavy (non-hydrogen) atoms. The number of furan rings is 1. The number of benzene rings is 2. The Kier molecular flexibility index (Phi) is 6.23. The first-order valence-electron chi connectivity index (χ1n) is 10.5. The van der Waals surface area contributed by atoms with E-state index in [1.165, 1.54) is 0 Å². The number of nitrogens with two attached hydrogens (primary N) is 1. The smallest absolute Gasteiger partial charge is 0.313 e. The average Bonchev–Trinajstić information content (AvgIpc) is 3.41. The minimum atomic E-state index is -0.491. The van der Waals surface area contributed by atoms with E-state index in [4.69, 9.17) is 25.0 Å². The molecule has 1 aromatic heterocycles. The fourth-order valence-corrected chi connectivity index (χ4v) is 3.84. The van der Waals surface area contributed by atoms with Crippen molar-refractivity contribution in [2.75, 3.05) is 19.7 Å². The Morgan fingerprint density at radius 2 is 2.06 bits per heavy atom. The summed E-state index contributed by atoms with van der Waals surface area (Å²) in [6, 6.07) is 14.9. The highest BCUT2D eigenvalue weighted by Gasteiger charge is 2.25. The molecule has 7 heteroatoms. The zero-order valence-electron chi connectivity index (χ0n) is 17.5. The lowest BCUT2D eigenvalue weighted by Gasteiger charge is -2.17. The fraction of sp³-hybridized carbons (Fsp3) is 0.333. The molecule has 1 fully saturated rings. The predicted molar refractivity (Wildman–Crippen MR) is 119 cm³/mol. The molecule has 162 valence electrons. The number of nitrogen functional groups attached to an aromatic ring is 1. The highest BCUT2D eigenvalue weighted by molar-refractivity contribution is 5.98. The van der Waals surface area contributed by atoms with Crippen molar-refractivity contribution in [3.8, 4) is 5.75 Å². The monoisotopic (exact) mass is 421 g/mol. The normalized spacial score (nSPS) is 16.9. The second-order valence-electron chi connectivity index (χ2n) is 7.69. The first-order valence-corrected chi connectivity index (χ1v) is 10.5. The van der Waals surface area contributed by atoms with Gasteiger partial charge >= 0.3 is 5.97 Å². The molecule has 2 heterocycles. The quantitative estimate of drug-likeness (QED) is 0.292. The van der Waals surface area contributed by atoms with Crippen molar-refractivity contribution in [1.82, 2.24) is 5.32 Å². The van der Waals surface area contributed by atoms with Crippen molar-refractivity contribution in [1.29, 1.82) is 5.41 Å². The van der Waals surface area contributed by atoms with Crippen molar-refractivity contribution >= 4 is 22.8 Å². The maximum absolute atomic E-state index is 12.7. The van der Waals surface area contributed by atoms with Crippen LogP contribution in [0.15, 0.2) is 52.9 Å². The fourth-order valence-electron chi connectivity index (χ4n) is 3.84. The van der Waals surface area contributed by atoms with Gasteiger partial charge in [0.25, 0.3) is 0 Å². The van der Waals surface area contributed by atoms with Gasteiger partial charge in [0, 0.05) is 23.9 Å². The van der Waals surface area contributed by atoms with Gasteiger partial charge < -0.3 is 24.9 Å².